The number of amides is 1. The van der Waals surface area contributed by atoms with Crippen LogP contribution >= 0.6 is 0 Å². The van der Waals surface area contributed by atoms with Gasteiger partial charge in [0, 0.05) is 30.8 Å². The van der Waals surface area contributed by atoms with Crippen molar-refractivity contribution < 1.29 is 22.4 Å². The maximum Gasteiger partial charge on any atom is 0.298 e. The van der Waals surface area contributed by atoms with Gasteiger partial charge in [0.15, 0.2) is 15.4 Å². The number of hydrogen-bond acceptors (Lipinski definition) is 7. The number of benzene rings is 2. The third-order valence-corrected chi connectivity index (χ3v) is 6.81. The molecule has 1 amide bonds. The van der Waals surface area contributed by atoms with Crippen molar-refractivity contribution in [3.8, 4) is 5.75 Å². The zero-order chi connectivity index (χ0) is 20.0. The van der Waals surface area contributed by atoms with Crippen molar-refractivity contribution >= 4 is 38.5 Å². The van der Waals surface area contributed by atoms with Gasteiger partial charge in [0.1, 0.15) is 11.3 Å². The number of anilines is 2. The molecule has 0 bridgehead atoms. The molecular weight excluding hydrogens is 394 g/mol. The van der Waals surface area contributed by atoms with Crippen LogP contribution in [0, 0.1) is 0 Å². The summed E-state index contributed by atoms with van der Waals surface area (Å²) in [5.74, 6) is 0.824. The molecule has 0 aliphatic carbocycles. The lowest BCUT2D eigenvalue weighted by atomic mass is 10.1. The summed E-state index contributed by atoms with van der Waals surface area (Å²) in [7, 11) is -2.97. The molecule has 1 N–H and O–H groups in total. The van der Waals surface area contributed by atoms with Crippen LogP contribution in [-0.4, -0.2) is 50.5 Å². The first-order valence-electron chi connectivity index (χ1n) is 9.40. The van der Waals surface area contributed by atoms with Crippen molar-refractivity contribution in [3.63, 3.8) is 0 Å². The van der Waals surface area contributed by atoms with Crippen LogP contribution in [0.5, 0.6) is 5.75 Å². The zero-order valence-corrected chi connectivity index (χ0v) is 16.4. The second kappa shape index (κ2) is 6.77. The van der Waals surface area contributed by atoms with Crippen molar-refractivity contribution in [1.82, 2.24) is 4.98 Å². The van der Waals surface area contributed by atoms with Crippen LogP contribution < -0.4 is 15.0 Å². The fourth-order valence-electron chi connectivity index (χ4n) is 3.56. The van der Waals surface area contributed by atoms with E-state index in [1.807, 2.05) is 17.0 Å². The first-order valence-corrected chi connectivity index (χ1v) is 11.2. The lowest BCUT2D eigenvalue weighted by Gasteiger charge is -2.24. The summed E-state index contributed by atoms with van der Waals surface area (Å²) in [4.78, 5) is 18.9. The highest BCUT2D eigenvalue weighted by Gasteiger charge is 2.25. The van der Waals surface area contributed by atoms with Crippen LogP contribution in [0.1, 0.15) is 15.9 Å². The Kier molecular flexibility index (Phi) is 4.20. The van der Waals surface area contributed by atoms with Crippen molar-refractivity contribution in [2.24, 2.45) is 0 Å². The van der Waals surface area contributed by atoms with E-state index >= 15 is 0 Å². The third kappa shape index (κ3) is 3.53. The molecule has 150 valence electrons. The van der Waals surface area contributed by atoms with Gasteiger partial charge in [0.2, 0.25) is 0 Å². The molecule has 1 fully saturated rings. The van der Waals surface area contributed by atoms with Gasteiger partial charge in [-0.15, -0.1) is 0 Å². The quantitative estimate of drug-likeness (QED) is 0.703. The first kappa shape index (κ1) is 18.0. The number of nitrogens with one attached hydrogen (secondary N) is 1. The highest BCUT2D eigenvalue weighted by atomic mass is 32.2. The Balaban J connectivity index is 1.34. The summed E-state index contributed by atoms with van der Waals surface area (Å²) < 4.78 is 34.4. The minimum absolute atomic E-state index is 0.0961. The fourth-order valence-corrected chi connectivity index (χ4v) is 4.76. The van der Waals surface area contributed by atoms with Gasteiger partial charge in [-0.1, -0.05) is 0 Å². The Morgan fingerprint density at radius 1 is 1.10 bits per heavy atom. The van der Waals surface area contributed by atoms with E-state index in [4.69, 9.17) is 9.15 Å². The van der Waals surface area contributed by atoms with Gasteiger partial charge in [-0.2, -0.15) is 4.98 Å². The van der Waals surface area contributed by atoms with Gasteiger partial charge in [0.25, 0.3) is 11.9 Å². The third-order valence-electron chi connectivity index (χ3n) is 5.20. The van der Waals surface area contributed by atoms with E-state index in [1.54, 1.807) is 24.3 Å². The lowest BCUT2D eigenvalue weighted by Crippen LogP contribution is -2.40. The number of hydrogen-bond donors (Lipinski definition) is 1. The van der Waals surface area contributed by atoms with Crippen molar-refractivity contribution in [2.75, 3.05) is 41.4 Å². The number of carbonyl (C=O) groups excluding carboxylic acids is 1. The maximum absolute atomic E-state index is 12.6. The predicted octanol–water partition coefficient (Wildman–Crippen LogP) is 2.25. The number of sulfone groups is 1. The summed E-state index contributed by atoms with van der Waals surface area (Å²) >= 11 is 0. The largest absolute Gasteiger partial charge is 0.493 e. The van der Waals surface area contributed by atoms with Gasteiger partial charge in [-0.25, -0.2) is 8.42 Å². The Hall–Kier alpha value is -3.07. The van der Waals surface area contributed by atoms with E-state index in [0.717, 1.165) is 17.7 Å². The van der Waals surface area contributed by atoms with E-state index in [2.05, 4.69) is 10.3 Å². The summed E-state index contributed by atoms with van der Waals surface area (Å²) in [5, 5.41) is 2.89. The number of nitrogens with zero attached hydrogens (tertiary/aromatic N) is 2. The summed E-state index contributed by atoms with van der Waals surface area (Å²) in [6.45, 7) is 1.37. The average Bonchev–Trinajstić information content (AvgIpc) is 3.33. The van der Waals surface area contributed by atoms with Gasteiger partial charge in [-0.05, 0) is 42.0 Å². The second-order valence-corrected chi connectivity index (χ2v) is 9.50. The van der Waals surface area contributed by atoms with E-state index in [-0.39, 0.29) is 17.4 Å². The Labute approximate surface area is 167 Å². The van der Waals surface area contributed by atoms with Crippen LogP contribution in [0.25, 0.3) is 11.1 Å². The summed E-state index contributed by atoms with van der Waals surface area (Å²) in [6, 6.07) is 11.1. The van der Waals surface area contributed by atoms with E-state index in [1.165, 1.54) is 0 Å². The van der Waals surface area contributed by atoms with Gasteiger partial charge >= 0.3 is 0 Å². The number of carbonyl (C=O) groups is 1. The highest BCUT2D eigenvalue weighted by molar-refractivity contribution is 7.91. The predicted molar refractivity (Wildman–Crippen MR) is 108 cm³/mol. The monoisotopic (exact) mass is 413 g/mol. The number of ether oxygens (including phenoxy) is 1. The molecule has 1 saturated heterocycles. The molecule has 3 aromatic rings. The number of aromatic nitrogens is 1. The second-order valence-electron chi connectivity index (χ2n) is 7.19. The SMILES string of the molecule is O=C(Nc1ccc2oc(N3CCS(=O)(=O)CC3)nc2c1)c1ccc2c(c1)CCO2. The smallest absolute Gasteiger partial charge is 0.298 e. The molecule has 8 nitrogen and oxygen atoms in total. The highest BCUT2D eigenvalue weighted by Crippen LogP contribution is 2.28. The molecule has 2 aliphatic heterocycles. The maximum atomic E-state index is 12.6. The lowest BCUT2D eigenvalue weighted by molar-refractivity contribution is 0.102. The zero-order valence-electron chi connectivity index (χ0n) is 15.6. The van der Waals surface area contributed by atoms with E-state index in [9.17, 15) is 13.2 Å². The Morgan fingerprint density at radius 3 is 2.76 bits per heavy atom. The molecule has 1 aromatic heterocycles. The molecule has 29 heavy (non-hydrogen) atoms. The standard InChI is InChI=1S/C20H19N3O5S/c24-19(14-1-3-17-13(11-14)5-8-27-17)21-15-2-4-18-16(12-15)22-20(28-18)23-6-9-29(25,26)10-7-23/h1-4,11-12H,5-10H2,(H,21,24). The summed E-state index contributed by atoms with van der Waals surface area (Å²) in [6.07, 6.45) is 0.807. The van der Waals surface area contributed by atoms with Crippen molar-refractivity contribution in [2.45, 2.75) is 6.42 Å². The fraction of sp³-hybridized carbons (Fsp3) is 0.300. The molecule has 0 spiro atoms. The molecule has 2 aromatic carbocycles. The van der Waals surface area contributed by atoms with Gasteiger partial charge in [0.05, 0.1) is 18.1 Å². The Morgan fingerprint density at radius 2 is 1.93 bits per heavy atom. The molecular formula is C20H19N3O5S. The molecule has 0 radical (unpaired) electrons. The van der Waals surface area contributed by atoms with Crippen LogP contribution in [0.2, 0.25) is 0 Å². The number of oxazole rings is 1. The van der Waals surface area contributed by atoms with E-state index < -0.39 is 9.84 Å². The number of fused-ring (bicyclic) bond motifs is 2. The van der Waals surface area contributed by atoms with Gasteiger partial charge < -0.3 is 19.4 Å². The van der Waals surface area contributed by atoms with Crippen LogP contribution in [0.15, 0.2) is 40.8 Å². The molecule has 3 heterocycles. The van der Waals surface area contributed by atoms with Crippen LogP contribution in [-0.2, 0) is 16.3 Å². The molecule has 5 rings (SSSR count). The van der Waals surface area contributed by atoms with Crippen molar-refractivity contribution in [3.05, 3.63) is 47.5 Å². The molecule has 0 unspecified atom stereocenters. The molecule has 0 saturated carbocycles. The van der Waals surface area contributed by atoms with Gasteiger partial charge in [-0.3, -0.25) is 4.79 Å². The van der Waals surface area contributed by atoms with Crippen molar-refractivity contribution in [1.29, 1.82) is 0 Å². The summed E-state index contributed by atoms with van der Waals surface area (Å²) in [5.41, 5.74) is 3.41. The number of rotatable bonds is 3. The van der Waals surface area contributed by atoms with E-state index in [0.29, 0.717) is 48.1 Å². The Bertz CT molecular complexity index is 1200. The first-order chi connectivity index (χ1) is 14.0. The minimum atomic E-state index is -2.97. The molecule has 2 aliphatic rings. The van der Waals surface area contributed by atoms with Crippen LogP contribution in [0.4, 0.5) is 11.7 Å². The minimum Gasteiger partial charge on any atom is -0.493 e. The topological polar surface area (TPSA) is 102 Å². The normalized spacial score (nSPS) is 17.7. The molecule has 9 heteroatoms. The molecule has 0 atom stereocenters. The average molecular weight is 413 g/mol. The van der Waals surface area contributed by atoms with Crippen LogP contribution in [0.3, 0.4) is 0 Å².